The summed E-state index contributed by atoms with van der Waals surface area (Å²) in [5.74, 6) is 0.443. The fourth-order valence-electron chi connectivity index (χ4n) is 2.28. The van der Waals surface area contributed by atoms with Gasteiger partial charge in [-0.25, -0.2) is 4.79 Å². The Labute approximate surface area is 170 Å². The Morgan fingerprint density at radius 1 is 1.07 bits per heavy atom. The van der Waals surface area contributed by atoms with Gasteiger partial charge in [0.05, 0.1) is 19.3 Å². The summed E-state index contributed by atoms with van der Waals surface area (Å²) in [6.07, 6.45) is 0.944. The summed E-state index contributed by atoms with van der Waals surface area (Å²) in [5.41, 5.74) is 1.52. The van der Waals surface area contributed by atoms with Crippen LogP contribution in [0.1, 0.15) is 41.0 Å². The number of methoxy groups -OCH3 is 1. The first-order chi connectivity index (χ1) is 13.4. The van der Waals surface area contributed by atoms with Crippen LogP contribution in [0.3, 0.4) is 0 Å². The Kier molecular flexibility index (Phi) is 7.95. The van der Waals surface area contributed by atoms with Crippen molar-refractivity contribution in [1.82, 2.24) is 5.32 Å². The monoisotopic (exact) mass is 400 g/mol. The standard InChI is InChI=1S/C21H24N2O4S/c1-14(2)11-12-27-18-6-4-5-16(13-18)19(24)23-21(28)22-17-9-7-15(8-10-17)20(25)26-3/h4-10,13-14H,11-12H2,1-3H3,(H2,22,23,24,28). The molecule has 2 aromatic carbocycles. The van der Waals surface area contributed by atoms with E-state index in [-0.39, 0.29) is 11.0 Å². The first-order valence-corrected chi connectivity index (χ1v) is 9.33. The van der Waals surface area contributed by atoms with E-state index in [2.05, 4.69) is 29.2 Å². The van der Waals surface area contributed by atoms with Gasteiger partial charge in [-0.1, -0.05) is 19.9 Å². The van der Waals surface area contributed by atoms with Gasteiger partial charge in [-0.2, -0.15) is 0 Å². The quantitative estimate of drug-likeness (QED) is 0.540. The van der Waals surface area contributed by atoms with E-state index in [1.54, 1.807) is 42.5 Å². The second-order valence-corrected chi connectivity index (χ2v) is 6.94. The van der Waals surface area contributed by atoms with E-state index in [9.17, 15) is 9.59 Å². The molecule has 0 fully saturated rings. The second-order valence-electron chi connectivity index (χ2n) is 6.54. The van der Waals surface area contributed by atoms with Gasteiger partial charge in [0, 0.05) is 11.3 Å². The number of carbonyl (C=O) groups is 2. The van der Waals surface area contributed by atoms with Crippen LogP contribution >= 0.6 is 12.2 Å². The number of amides is 1. The molecule has 2 aromatic rings. The number of nitrogens with one attached hydrogen (secondary N) is 2. The number of benzene rings is 2. The van der Waals surface area contributed by atoms with Crippen LogP contribution in [-0.2, 0) is 4.74 Å². The van der Waals surface area contributed by atoms with E-state index in [4.69, 9.17) is 17.0 Å². The minimum Gasteiger partial charge on any atom is -0.494 e. The van der Waals surface area contributed by atoms with Crippen molar-refractivity contribution >= 4 is 34.9 Å². The highest BCUT2D eigenvalue weighted by Crippen LogP contribution is 2.15. The van der Waals surface area contributed by atoms with Gasteiger partial charge in [0.2, 0.25) is 0 Å². The van der Waals surface area contributed by atoms with Crippen molar-refractivity contribution in [3.8, 4) is 5.75 Å². The highest BCUT2D eigenvalue weighted by atomic mass is 32.1. The number of esters is 1. The summed E-state index contributed by atoms with van der Waals surface area (Å²) in [6.45, 7) is 4.86. The number of anilines is 1. The minimum atomic E-state index is -0.419. The number of ether oxygens (including phenoxy) is 2. The molecule has 0 radical (unpaired) electrons. The molecular formula is C21H24N2O4S. The molecular weight excluding hydrogens is 376 g/mol. The number of rotatable bonds is 7. The lowest BCUT2D eigenvalue weighted by atomic mass is 10.1. The van der Waals surface area contributed by atoms with Crippen molar-refractivity contribution in [3.05, 3.63) is 59.7 Å². The predicted molar refractivity (Wildman–Crippen MR) is 113 cm³/mol. The highest BCUT2D eigenvalue weighted by molar-refractivity contribution is 7.80. The zero-order valence-corrected chi connectivity index (χ0v) is 17.0. The lowest BCUT2D eigenvalue weighted by molar-refractivity contribution is 0.0600. The van der Waals surface area contributed by atoms with Crippen LogP contribution in [0.5, 0.6) is 5.75 Å². The summed E-state index contributed by atoms with van der Waals surface area (Å²) >= 11 is 5.19. The molecule has 0 heterocycles. The van der Waals surface area contributed by atoms with Crippen molar-refractivity contribution in [2.75, 3.05) is 19.0 Å². The van der Waals surface area contributed by atoms with Gasteiger partial charge in [-0.3, -0.25) is 10.1 Å². The van der Waals surface area contributed by atoms with E-state index in [0.29, 0.717) is 35.1 Å². The summed E-state index contributed by atoms with van der Waals surface area (Å²) in [4.78, 5) is 23.8. The normalized spacial score (nSPS) is 10.3. The molecule has 0 saturated carbocycles. The third-order valence-corrected chi connectivity index (χ3v) is 4.06. The fourth-order valence-corrected chi connectivity index (χ4v) is 2.50. The molecule has 28 heavy (non-hydrogen) atoms. The van der Waals surface area contributed by atoms with Crippen LogP contribution in [0.15, 0.2) is 48.5 Å². The maximum absolute atomic E-state index is 12.4. The van der Waals surface area contributed by atoms with Gasteiger partial charge in [-0.05, 0) is 67.0 Å². The van der Waals surface area contributed by atoms with Crippen molar-refractivity contribution in [2.24, 2.45) is 5.92 Å². The van der Waals surface area contributed by atoms with Gasteiger partial charge in [0.1, 0.15) is 5.75 Å². The molecule has 6 nitrogen and oxygen atoms in total. The Bertz CT molecular complexity index is 835. The molecule has 0 aliphatic rings. The summed E-state index contributed by atoms with van der Waals surface area (Å²) in [6, 6.07) is 13.5. The smallest absolute Gasteiger partial charge is 0.337 e. The number of carbonyl (C=O) groups excluding carboxylic acids is 2. The van der Waals surface area contributed by atoms with Gasteiger partial charge < -0.3 is 14.8 Å². The van der Waals surface area contributed by atoms with Gasteiger partial charge in [-0.15, -0.1) is 0 Å². The third-order valence-electron chi connectivity index (χ3n) is 3.85. The molecule has 0 unspecified atom stereocenters. The number of hydrogen-bond donors (Lipinski definition) is 2. The zero-order valence-electron chi connectivity index (χ0n) is 16.2. The summed E-state index contributed by atoms with van der Waals surface area (Å²) in [5, 5.41) is 5.69. The van der Waals surface area contributed by atoms with Crippen molar-refractivity contribution in [1.29, 1.82) is 0 Å². The van der Waals surface area contributed by atoms with Crippen molar-refractivity contribution < 1.29 is 19.1 Å². The van der Waals surface area contributed by atoms with Crippen LogP contribution in [0.25, 0.3) is 0 Å². The number of thiocarbonyl (C=S) groups is 1. The molecule has 1 amide bonds. The second kappa shape index (κ2) is 10.4. The Hall–Kier alpha value is -2.93. The van der Waals surface area contributed by atoms with Gasteiger partial charge in [0.25, 0.3) is 5.91 Å². The third kappa shape index (κ3) is 6.66. The first-order valence-electron chi connectivity index (χ1n) is 8.92. The molecule has 148 valence electrons. The van der Waals surface area contributed by atoms with Crippen molar-refractivity contribution in [2.45, 2.75) is 20.3 Å². The van der Waals surface area contributed by atoms with Crippen LogP contribution in [0.4, 0.5) is 5.69 Å². The molecule has 7 heteroatoms. The molecule has 0 spiro atoms. The minimum absolute atomic E-state index is 0.155. The molecule has 2 rings (SSSR count). The van der Waals surface area contributed by atoms with E-state index >= 15 is 0 Å². The number of hydrogen-bond acceptors (Lipinski definition) is 5. The molecule has 0 aliphatic carbocycles. The Morgan fingerprint density at radius 3 is 2.43 bits per heavy atom. The molecule has 2 N–H and O–H groups in total. The van der Waals surface area contributed by atoms with Crippen LogP contribution in [0, 0.1) is 5.92 Å². The van der Waals surface area contributed by atoms with E-state index in [1.807, 2.05) is 6.07 Å². The van der Waals surface area contributed by atoms with E-state index < -0.39 is 5.97 Å². The largest absolute Gasteiger partial charge is 0.494 e. The summed E-state index contributed by atoms with van der Waals surface area (Å²) < 4.78 is 10.3. The lowest BCUT2D eigenvalue weighted by Gasteiger charge is -2.11. The maximum atomic E-state index is 12.4. The zero-order chi connectivity index (χ0) is 20.5. The maximum Gasteiger partial charge on any atom is 0.337 e. The fraction of sp³-hybridized carbons (Fsp3) is 0.286. The first kappa shape index (κ1) is 21.4. The highest BCUT2D eigenvalue weighted by Gasteiger charge is 2.10. The van der Waals surface area contributed by atoms with Gasteiger partial charge in [0.15, 0.2) is 5.11 Å². The Morgan fingerprint density at radius 2 is 1.79 bits per heavy atom. The van der Waals surface area contributed by atoms with Crippen molar-refractivity contribution in [3.63, 3.8) is 0 Å². The average Bonchev–Trinajstić information content (AvgIpc) is 2.67. The van der Waals surface area contributed by atoms with E-state index in [0.717, 1.165) is 6.42 Å². The van der Waals surface area contributed by atoms with Crippen LogP contribution < -0.4 is 15.4 Å². The predicted octanol–water partition coefficient (Wildman–Crippen LogP) is 4.02. The summed E-state index contributed by atoms with van der Waals surface area (Å²) in [7, 11) is 1.32. The molecule has 0 atom stereocenters. The lowest BCUT2D eigenvalue weighted by Crippen LogP contribution is -2.34. The van der Waals surface area contributed by atoms with Gasteiger partial charge >= 0.3 is 5.97 Å². The van der Waals surface area contributed by atoms with E-state index in [1.165, 1.54) is 7.11 Å². The Balaban J connectivity index is 1.91. The topological polar surface area (TPSA) is 76.7 Å². The molecule has 0 bridgehead atoms. The molecule has 0 aliphatic heterocycles. The van der Waals surface area contributed by atoms with Crippen LogP contribution in [-0.4, -0.2) is 30.7 Å². The SMILES string of the molecule is COC(=O)c1ccc(NC(=S)NC(=O)c2cccc(OCCC(C)C)c2)cc1. The average molecular weight is 401 g/mol. The molecule has 0 aromatic heterocycles. The van der Waals surface area contributed by atoms with Crippen LogP contribution in [0.2, 0.25) is 0 Å². The molecule has 0 saturated heterocycles.